The Bertz CT molecular complexity index is 625. The fourth-order valence-corrected chi connectivity index (χ4v) is 1.99. The second kappa shape index (κ2) is 7.11. The highest BCUT2D eigenvalue weighted by molar-refractivity contribution is 14.0. The number of aryl methyl sites for hydroxylation is 1. The van der Waals surface area contributed by atoms with Crippen molar-refractivity contribution in [2.45, 2.75) is 39.8 Å². The number of hydrogen-bond donors (Lipinski definition) is 2. The summed E-state index contributed by atoms with van der Waals surface area (Å²) in [6, 6.07) is 6.11. The van der Waals surface area contributed by atoms with Gasteiger partial charge in [-0.3, -0.25) is 4.99 Å². The predicted molar refractivity (Wildman–Crippen MR) is 98.4 cm³/mol. The average Bonchev–Trinajstić information content (AvgIpc) is 2.77. The van der Waals surface area contributed by atoms with E-state index in [9.17, 15) is 0 Å². The lowest BCUT2D eigenvalue weighted by molar-refractivity contribution is 0.501. The Morgan fingerprint density at radius 2 is 2.05 bits per heavy atom. The molecule has 0 aromatic carbocycles. The Labute approximate surface area is 143 Å². The first kappa shape index (κ1) is 17.7. The molecule has 0 aliphatic carbocycles. The first-order valence-electron chi connectivity index (χ1n) is 6.81. The van der Waals surface area contributed by atoms with E-state index in [2.05, 4.69) is 65.0 Å². The number of rotatable bonds is 2. The van der Waals surface area contributed by atoms with Crippen LogP contribution in [0.15, 0.2) is 29.4 Å². The molecule has 0 atom stereocenters. The second-order valence-corrected chi connectivity index (χ2v) is 5.93. The minimum Gasteiger partial charge on any atom is -0.352 e. The minimum absolute atomic E-state index is 0. The van der Waals surface area contributed by atoms with Crippen molar-refractivity contribution < 1.29 is 0 Å². The van der Waals surface area contributed by atoms with Crippen molar-refractivity contribution in [1.82, 2.24) is 20.0 Å². The molecule has 0 spiro atoms. The molecule has 0 aliphatic heterocycles. The number of hydrogen-bond acceptors (Lipinski definition) is 2. The van der Waals surface area contributed by atoms with Gasteiger partial charge in [0.05, 0.1) is 12.2 Å². The quantitative estimate of drug-likeness (QED) is 0.462. The fraction of sp³-hybridized carbons (Fsp3) is 0.467. The molecular weight excluding hydrogens is 377 g/mol. The standard InChI is InChI=1S/C15H23N5.HI/c1-11-7-6-8-13-18-12(10-20(11)13)9-17-14(16-5)19-15(2,3)4;/h6-8,10H,9H2,1-5H3,(H2,16,17,19);1H. The van der Waals surface area contributed by atoms with E-state index < -0.39 is 0 Å². The number of halogens is 1. The van der Waals surface area contributed by atoms with E-state index >= 15 is 0 Å². The minimum atomic E-state index is -0.0165. The first-order valence-corrected chi connectivity index (χ1v) is 6.81. The lowest BCUT2D eigenvalue weighted by atomic mass is 10.1. The third-order valence-electron chi connectivity index (χ3n) is 2.90. The highest BCUT2D eigenvalue weighted by atomic mass is 127. The van der Waals surface area contributed by atoms with E-state index in [1.807, 2.05) is 12.1 Å². The number of aromatic nitrogens is 2. The van der Waals surface area contributed by atoms with Gasteiger partial charge in [0.25, 0.3) is 0 Å². The third kappa shape index (κ3) is 4.87. The van der Waals surface area contributed by atoms with Gasteiger partial charge in [-0.05, 0) is 39.8 Å². The number of imidazole rings is 1. The summed E-state index contributed by atoms with van der Waals surface area (Å²) in [5.74, 6) is 0.784. The van der Waals surface area contributed by atoms with Crippen LogP contribution < -0.4 is 10.6 Å². The Morgan fingerprint density at radius 1 is 1.33 bits per heavy atom. The molecule has 0 unspecified atom stereocenters. The van der Waals surface area contributed by atoms with E-state index in [1.165, 1.54) is 5.69 Å². The van der Waals surface area contributed by atoms with E-state index in [0.717, 1.165) is 17.3 Å². The van der Waals surface area contributed by atoms with E-state index in [0.29, 0.717) is 6.54 Å². The zero-order valence-corrected chi connectivity index (χ0v) is 15.6. The van der Waals surface area contributed by atoms with Crippen LogP contribution in [0.5, 0.6) is 0 Å². The third-order valence-corrected chi connectivity index (χ3v) is 2.90. The molecule has 0 aliphatic rings. The van der Waals surface area contributed by atoms with E-state index in [1.54, 1.807) is 7.05 Å². The molecule has 0 bridgehead atoms. The molecule has 0 saturated heterocycles. The average molecular weight is 401 g/mol. The molecule has 2 aromatic rings. The van der Waals surface area contributed by atoms with Crippen molar-refractivity contribution in [2.24, 2.45) is 4.99 Å². The van der Waals surface area contributed by atoms with E-state index in [-0.39, 0.29) is 29.5 Å². The molecule has 0 fully saturated rings. The lowest BCUT2D eigenvalue weighted by Gasteiger charge is -2.23. The topological polar surface area (TPSA) is 53.7 Å². The Balaban J connectivity index is 0.00000220. The van der Waals surface area contributed by atoms with Crippen LogP contribution >= 0.6 is 24.0 Å². The summed E-state index contributed by atoms with van der Waals surface area (Å²) in [7, 11) is 1.77. The Morgan fingerprint density at radius 3 is 2.62 bits per heavy atom. The SMILES string of the molecule is CN=C(NCc1cn2c(C)cccc2n1)NC(C)(C)C.I. The van der Waals surface area contributed by atoms with Crippen LogP contribution in [0.2, 0.25) is 0 Å². The summed E-state index contributed by atoms with van der Waals surface area (Å²) in [6.07, 6.45) is 2.06. The van der Waals surface area contributed by atoms with Crippen LogP contribution in [0.4, 0.5) is 0 Å². The van der Waals surface area contributed by atoms with Gasteiger partial charge in [-0.2, -0.15) is 0 Å². The monoisotopic (exact) mass is 401 g/mol. The summed E-state index contributed by atoms with van der Waals surface area (Å²) in [5.41, 5.74) is 3.13. The van der Waals surface area contributed by atoms with Crippen LogP contribution in [0.3, 0.4) is 0 Å². The molecule has 2 aromatic heterocycles. The molecule has 2 heterocycles. The summed E-state index contributed by atoms with van der Waals surface area (Å²) in [5, 5.41) is 6.61. The van der Waals surface area contributed by atoms with Crippen molar-refractivity contribution in [1.29, 1.82) is 0 Å². The van der Waals surface area contributed by atoms with Gasteiger partial charge in [-0.25, -0.2) is 4.98 Å². The largest absolute Gasteiger partial charge is 0.352 e. The summed E-state index contributed by atoms with van der Waals surface area (Å²) < 4.78 is 2.09. The van der Waals surface area contributed by atoms with Gasteiger partial charge < -0.3 is 15.0 Å². The Kier molecular flexibility index (Phi) is 6.00. The maximum Gasteiger partial charge on any atom is 0.191 e. The maximum absolute atomic E-state index is 4.59. The number of fused-ring (bicyclic) bond motifs is 1. The molecule has 6 heteroatoms. The van der Waals surface area contributed by atoms with Gasteiger partial charge in [0.15, 0.2) is 5.96 Å². The number of nitrogens with zero attached hydrogens (tertiary/aromatic N) is 3. The van der Waals surface area contributed by atoms with Crippen molar-refractivity contribution in [3.63, 3.8) is 0 Å². The van der Waals surface area contributed by atoms with Gasteiger partial charge >= 0.3 is 0 Å². The molecule has 5 nitrogen and oxygen atoms in total. The van der Waals surface area contributed by atoms with Crippen LogP contribution in [0.1, 0.15) is 32.2 Å². The van der Waals surface area contributed by atoms with Crippen LogP contribution in [-0.2, 0) is 6.54 Å². The maximum atomic E-state index is 4.59. The predicted octanol–water partition coefficient (Wildman–Crippen LogP) is 2.72. The normalized spacial score (nSPS) is 12.1. The van der Waals surface area contributed by atoms with Crippen molar-refractivity contribution in [3.8, 4) is 0 Å². The van der Waals surface area contributed by atoms with Crippen molar-refractivity contribution in [2.75, 3.05) is 7.05 Å². The smallest absolute Gasteiger partial charge is 0.191 e. The highest BCUT2D eigenvalue weighted by Gasteiger charge is 2.12. The van der Waals surface area contributed by atoms with Crippen molar-refractivity contribution in [3.05, 3.63) is 35.8 Å². The van der Waals surface area contributed by atoms with Crippen LogP contribution in [0, 0.1) is 6.92 Å². The lowest BCUT2D eigenvalue weighted by Crippen LogP contribution is -2.47. The molecule has 0 saturated carbocycles. The Hall–Kier alpha value is -1.31. The number of guanidine groups is 1. The van der Waals surface area contributed by atoms with Gasteiger partial charge in [0, 0.05) is 24.5 Å². The van der Waals surface area contributed by atoms with Gasteiger partial charge in [0.1, 0.15) is 5.65 Å². The highest BCUT2D eigenvalue weighted by Crippen LogP contribution is 2.08. The number of aliphatic imine (C=N–C) groups is 1. The van der Waals surface area contributed by atoms with Gasteiger partial charge in [-0.1, -0.05) is 6.07 Å². The summed E-state index contributed by atoms with van der Waals surface area (Å²) in [4.78, 5) is 8.81. The van der Waals surface area contributed by atoms with Gasteiger partial charge in [-0.15, -0.1) is 24.0 Å². The molecule has 2 N–H and O–H groups in total. The fourth-order valence-electron chi connectivity index (χ4n) is 1.99. The zero-order valence-electron chi connectivity index (χ0n) is 13.3. The second-order valence-electron chi connectivity index (χ2n) is 5.93. The molecule has 2 rings (SSSR count). The molecule has 0 amide bonds. The molecule has 116 valence electrons. The first-order chi connectivity index (χ1) is 9.39. The zero-order chi connectivity index (χ0) is 14.8. The summed E-state index contributed by atoms with van der Waals surface area (Å²) >= 11 is 0. The molecule has 21 heavy (non-hydrogen) atoms. The van der Waals surface area contributed by atoms with E-state index in [4.69, 9.17) is 0 Å². The summed E-state index contributed by atoms with van der Waals surface area (Å²) in [6.45, 7) is 9.04. The van der Waals surface area contributed by atoms with Gasteiger partial charge in [0.2, 0.25) is 0 Å². The molecular formula is C15H24IN5. The van der Waals surface area contributed by atoms with Crippen molar-refractivity contribution >= 4 is 35.6 Å². The number of pyridine rings is 1. The van der Waals surface area contributed by atoms with Crippen LogP contribution in [0.25, 0.3) is 5.65 Å². The molecule has 0 radical (unpaired) electrons. The number of nitrogens with one attached hydrogen (secondary N) is 2. The van der Waals surface area contributed by atoms with Crippen LogP contribution in [-0.4, -0.2) is 27.9 Å².